The summed E-state index contributed by atoms with van der Waals surface area (Å²) < 4.78 is 8.50. The fourth-order valence-corrected chi connectivity index (χ4v) is 6.02. The molecule has 1 aliphatic heterocycles. The van der Waals surface area contributed by atoms with Crippen LogP contribution in [0.3, 0.4) is 0 Å². The maximum atomic E-state index is 6.17. The molecule has 2 aromatic heterocycles. The highest BCUT2D eigenvalue weighted by atomic mass is 32.1. The normalized spacial score (nSPS) is 16.7. The minimum absolute atomic E-state index is 0.0877. The van der Waals surface area contributed by atoms with Gasteiger partial charge < -0.3 is 19.5 Å². The summed E-state index contributed by atoms with van der Waals surface area (Å²) in [5.41, 5.74) is 9.02. The highest BCUT2D eigenvalue weighted by Crippen LogP contribution is 2.44. The quantitative estimate of drug-likeness (QED) is 0.219. The molecule has 0 unspecified atom stereocenters. The second kappa shape index (κ2) is 10.6. The van der Waals surface area contributed by atoms with E-state index in [4.69, 9.17) is 21.9 Å². The van der Waals surface area contributed by atoms with Gasteiger partial charge in [-0.2, -0.15) is 0 Å². The van der Waals surface area contributed by atoms with Gasteiger partial charge in [0, 0.05) is 29.0 Å². The highest BCUT2D eigenvalue weighted by Gasteiger charge is 2.42. The van der Waals surface area contributed by atoms with Crippen molar-refractivity contribution in [3.05, 3.63) is 137 Å². The van der Waals surface area contributed by atoms with Crippen LogP contribution >= 0.6 is 12.2 Å². The molecular formula is C34H32N4OS. The molecule has 3 heterocycles. The first-order valence-corrected chi connectivity index (χ1v) is 13.9. The Balaban J connectivity index is 1.42. The van der Waals surface area contributed by atoms with Gasteiger partial charge in [-0.1, -0.05) is 36.4 Å². The van der Waals surface area contributed by atoms with E-state index in [2.05, 4.69) is 84.1 Å². The molecule has 1 fully saturated rings. The van der Waals surface area contributed by atoms with Gasteiger partial charge in [-0.15, -0.1) is 0 Å². The standard InChI is InChI=1S/C34H32N4OS/c1-22-10-9-12-27(20-22)37-24(3)21-29(25(37)4)33-32(30-13-7-8-19-35-30)36-34(40)38(33)26-15-17-28(18-16-26)39-31-14-6-5-11-23(31)2/h5-21,32-33H,1-4H3,(H,36,40)/t32-,33+/m0/s1. The Kier molecular flexibility index (Phi) is 6.86. The molecule has 5 aromatic rings. The number of hydrogen-bond acceptors (Lipinski definition) is 3. The number of thiocarbonyl (C=S) groups is 1. The number of rotatable bonds is 6. The van der Waals surface area contributed by atoms with E-state index >= 15 is 0 Å². The van der Waals surface area contributed by atoms with Gasteiger partial charge in [0.1, 0.15) is 11.5 Å². The lowest BCUT2D eigenvalue weighted by Crippen LogP contribution is -2.29. The largest absolute Gasteiger partial charge is 0.457 e. The van der Waals surface area contributed by atoms with Gasteiger partial charge in [-0.25, -0.2) is 0 Å². The van der Waals surface area contributed by atoms with Crippen molar-refractivity contribution in [1.82, 2.24) is 14.9 Å². The molecule has 1 N–H and O–H groups in total. The topological polar surface area (TPSA) is 42.3 Å². The van der Waals surface area contributed by atoms with E-state index in [9.17, 15) is 0 Å². The van der Waals surface area contributed by atoms with Gasteiger partial charge in [0.25, 0.3) is 0 Å². The van der Waals surface area contributed by atoms with E-state index in [0.717, 1.165) is 34.1 Å². The molecule has 200 valence electrons. The first kappa shape index (κ1) is 25.8. The van der Waals surface area contributed by atoms with Crippen LogP contribution in [0.25, 0.3) is 5.69 Å². The van der Waals surface area contributed by atoms with E-state index in [0.29, 0.717) is 5.11 Å². The summed E-state index contributed by atoms with van der Waals surface area (Å²) in [4.78, 5) is 6.94. The molecule has 6 rings (SSSR count). The third-order valence-corrected chi connectivity index (χ3v) is 7.90. The molecule has 0 bridgehead atoms. The lowest BCUT2D eigenvalue weighted by molar-refractivity contribution is 0.479. The van der Waals surface area contributed by atoms with Crippen molar-refractivity contribution in [2.45, 2.75) is 39.8 Å². The average Bonchev–Trinajstić information content (AvgIpc) is 3.45. The lowest BCUT2D eigenvalue weighted by atomic mass is 9.96. The highest BCUT2D eigenvalue weighted by molar-refractivity contribution is 7.80. The Labute approximate surface area is 241 Å². The number of nitrogens with zero attached hydrogens (tertiary/aromatic N) is 3. The summed E-state index contributed by atoms with van der Waals surface area (Å²) in [6.45, 7) is 8.53. The predicted molar refractivity (Wildman–Crippen MR) is 166 cm³/mol. The van der Waals surface area contributed by atoms with Crippen LogP contribution in [0.5, 0.6) is 11.5 Å². The summed E-state index contributed by atoms with van der Waals surface area (Å²) in [6.07, 6.45) is 1.84. The summed E-state index contributed by atoms with van der Waals surface area (Å²) in [6, 6.07) is 33.0. The molecule has 0 amide bonds. The number of aromatic nitrogens is 2. The van der Waals surface area contributed by atoms with Crippen LogP contribution < -0.4 is 15.0 Å². The van der Waals surface area contributed by atoms with Crippen LogP contribution in [0.4, 0.5) is 5.69 Å². The number of nitrogens with one attached hydrogen (secondary N) is 1. The molecule has 3 aromatic carbocycles. The van der Waals surface area contributed by atoms with Crippen molar-refractivity contribution in [3.63, 3.8) is 0 Å². The Morgan fingerprint density at radius 3 is 2.30 bits per heavy atom. The molecule has 5 nitrogen and oxygen atoms in total. The van der Waals surface area contributed by atoms with E-state index in [1.165, 1.54) is 22.5 Å². The third-order valence-electron chi connectivity index (χ3n) is 7.58. The van der Waals surface area contributed by atoms with Crippen LogP contribution in [0, 0.1) is 27.7 Å². The summed E-state index contributed by atoms with van der Waals surface area (Å²) in [5.74, 6) is 1.64. The van der Waals surface area contributed by atoms with Crippen LogP contribution in [0.15, 0.2) is 103 Å². The van der Waals surface area contributed by atoms with Crippen LogP contribution in [0.1, 0.15) is 45.9 Å². The van der Waals surface area contributed by atoms with Gasteiger partial charge >= 0.3 is 0 Å². The minimum atomic E-state index is -0.108. The Bertz CT molecular complexity index is 1680. The predicted octanol–water partition coefficient (Wildman–Crippen LogP) is 8.08. The van der Waals surface area contributed by atoms with Crippen molar-refractivity contribution < 1.29 is 4.74 Å². The van der Waals surface area contributed by atoms with Gasteiger partial charge in [-0.05, 0) is 117 Å². The molecule has 0 saturated carbocycles. The number of pyridine rings is 1. The molecule has 6 heteroatoms. The molecule has 2 atom stereocenters. The third kappa shape index (κ3) is 4.75. The van der Waals surface area contributed by atoms with Crippen LogP contribution in [-0.2, 0) is 0 Å². The summed E-state index contributed by atoms with van der Waals surface area (Å²) >= 11 is 5.97. The van der Waals surface area contributed by atoms with Crippen molar-refractivity contribution in [2.24, 2.45) is 0 Å². The van der Waals surface area contributed by atoms with E-state index < -0.39 is 0 Å². The first-order chi connectivity index (χ1) is 19.4. The van der Waals surface area contributed by atoms with Crippen LogP contribution in [0.2, 0.25) is 0 Å². The molecule has 1 aliphatic rings. The van der Waals surface area contributed by atoms with Gasteiger partial charge in [0.05, 0.1) is 17.8 Å². The summed E-state index contributed by atoms with van der Waals surface area (Å²) in [7, 11) is 0. The second-order valence-corrected chi connectivity index (χ2v) is 10.7. The van der Waals surface area contributed by atoms with Gasteiger partial charge in [0.15, 0.2) is 5.11 Å². The maximum absolute atomic E-state index is 6.17. The minimum Gasteiger partial charge on any atom is -0.457 e. The van der Waals surface area contributed by atoms with Crippen molar-refractivity contribution in [1.29, 1.82) is 0 Å². The molecule has 1 saturated heterocycles. The summed E-state index contributed by atoms with van der Waals surface area (Å²) in [5, 5.41) is 4.26. The van der Waals surface area contributed by atoms with Crippen molar-refractivity contribution in [2.75, 3.05) is 4.90 Å². The Morgan fingerprint density at radius 2 is 1.57 bits per heavy atom. The van der Waals surface area contributed by atoms with E-state index in [1.807, 2.05) is 61.7 Å². The Hall–Kier alpha value is -4.42. The molecule has 0 aliphatic carbocycles. The van der Waals surface area contributed by atoms with E-state index in [1.54, 1.807) is 0 Å². The number of aryl methyl sites for hydroxylation is 3. The number of hydrogen-bond donors (Lipinski definition) is 1. The molecule has 0 spiro atoms. The molecular weight excluding hydrogens is 512 g/mol. The zero-order valence-electron chi connectivity index (χ0n) is 23.1. The molecule has 0 radical (unpaired) electrons. The van der Waals surface area contributed by atoms with Crippen molar-refractivity contribution in [3.8, 4) is 17.2 Å². The zero-order chi connectivity index (χ0) is 27.8. The fourth-order valence-electron chi connectivity index (χ4n) is 5.67. The average molecular weight is 545 g/mol. The first-order valence-electron chi connectivity index (χ1n) is 13.5. The SMILES string of the molecule is Cc1cccc(-n2c(C)cc([C@@H]3[C@H](c4ccccn4)NC(=S)N3c3ccc(Oc4ccccc4C)cc3)c2C)c1. The van der Waals surface area contributed by atoms with Gasteiger partial charge in [0.2, 0.25) is 0 Å². The zero-order valence-corrected chi connectivity index (χ0v) is 23.9. The number of ether oxygens (including phenoxy) is 1. The van der Waals surface area contributed by atoms with E-state index in [-0.39, 0.29) is 12.1 Å². The molecule has 40 heavy (non-hydrogen) atoms. The second-order valence-electron chi connectivity index (χ2n) is 10.4. The van der Waals surface area contributed by atoms with Gasteiger partial charge in [-0.3, -0.25) is 4.98 Å². The smallest absolute Gasteiger partial charge is 0.174 e. The Morgan fingerprint density at radius 1 is 0.800 bits per heavy atom. The monoisotopic (exact) mass is 544 g/mol. The fraction of sp³-hybridized carbons (Fsp3) is 0.176. The van der Waals surface area contributed by atoms with Crippen molar-refractivity contribution >= 4 is 23.0 Å². The number of benzene rings is 3. The lowest BCUT2D eigenvalue weighted by Gasteiger charge is -2.28. The number of para-hydroxylation sites is 1. The maximum Gasteiger partial charge on any atom is 0.174 e. The number of anilines is 1. The van der Waals surface area contributed by atoms with Crippen LogP contribution in [-0.4, -0.2) is 14.7 Å².